The molecule has 1 rings (SSSR count). The molecule has 0 aliphatic carbocycles. The first-order valence-corrected chi connectivity index (χ1v) is 4.87. The van der Waals surface area contributed by atoms with Gasteiger partial charge in [-0.3, -0.25) is 0 Å². The number of hydrogen-bond donors (Lipinski definition) is 0. The fraction of sp³-hybridized carbons (Fsp3) is 0.600. The van der Waals surface area contributed by atoms with Crippen molar-refractivity contribution in [3.63, 3.8) is 0 Å². The van der Waals surface area contributed by atoms with Crippen molar-refractivity contribution < 1.29 is 0 Å². The summed E-state index contributed by atoms with van der Waals surface area (Å²) in [6, 6.07) is 0. The summed E-state index contributed by atoms with van der Waals surface area (Å²) in [4.78, 5) is 10.8. The summed E-state index contributed by atoms with van der Waals surface area (Å²) in [5, 5.41) is 0. The molecular formula is C10H17N3. The summed E-state index contributed by atoms with van der Waals surface area (Å²) in [6.45, 7) is 8.25. The van der Waals surface area contributed by atoms with E-state index in [1.807, 2.05) is 12.4 Å². The second-order valence-corrected chi connectivity index (χ2v) is 2.92. The zero-order valence-corrected chi connectivity index (χ0v) is 8.62. The van der Waals surface area contributed by atoms with Crippen LogP contribution in [-0.2, 0) is 6.42 Å². The molecule has 0 atom stereocenters. The Bertz CT molecular complexity index is 239. The molecule has 1 aromatic heterocycles. The highest BCUT2D eigenvalue weighted by molar-refractivity contribution is 5.28. The SMILES string of the molecule is CCc1cnc(N(CC)CC)nc1. The van der Waals surface area contributed by atoms with Crippen molar-refractivity contribution in [3.05, 3.63) is 18.0 Å². The van der Waals surface area contributed by atoms with E-state index in [9.17, 15) is 0 Å². The third-order valence-electron chi connectivity index (χ3n) is 2.15. The van der Waals surface area contributed by atoms with E-state index in [4.69, 9.17) is 0 Å². The minimum absolute atomic E-state index is 0.835. The average Bonchev–Trinajstić information content (AvgIpc) is 2.21. The highest BCUT2D eigenvalue weighted by atomic mass is 15.2. The zero-order chi connectivity index (χ0) is 9.68. The first kappa shape index (κ1) is 9.96. The standard InChI is InChI=1S/C10H17N3/c1-4-9-7-11-10(12-8-9)13(5-2)6-3/h7-8H,4-6H2,1-3H3. The molecule has 0 aromatic carbocycles. The minimum atomic E-state index is 0.835. The highest BCUT2D eigenvalue weighted by Crippen LogP contribution is 2.06. The van der Waals surface area contributed by atoms with Crippen LogP contribution in [-0.4, -0.2) is 23.1 Å². The molecule has 0 radical (unpaired) electrons. The van der Waals surface area contributed by atoms with Crippen LogP contribution in [0.5, 0.6) is 0 Å². The molecule has 0 unspecified atom stereocenters. The smallest absolute Gasteiger partial charge is 0.225 e. The van der Waals surface area contributed by atoms with E-state index in [-0.39, 0.29) is 0 Å². The van der Waals surface area contributed by atoms with Gasteiger partial charge in [-0.05, 0) is 25.8 Å². The maximum atomic E-state index is 4.31. The molecule has 0 saturated heterocycles. The van der Waals surface area contributed by atoms with Gasteiger partial charge in [0.2, 0.25) is 5.95 Å². The number of hydrogen-bond acceptors (Lipinski definition) is 3. The molecule has 0 spiro atoms. The maximum Gasteiger partial charge on any atom is 0.225 e. The van der Waals surface area contributed by atoms with Gasteiger partial charge in [0.05, 0.1) is 0 Å². The van der Waals surface area contributed by atoms with Crippen LogP contribution in [0.2, 0.25) is 0 Å². The largest absolute Gasteiger partial charge is 0.341 e. The molecule has 0 saturated carbocycles. The Kier molecular flexibility index (Phi) is 3.68. The molecule has 3 nitrogen and oxygen atoms in total. The number of aryl methyl sites for hydroxylation is 1. The lowest BCUT2D eigenvalue weighted by Crippen LogP contribution is -2.24. The lowest BCUT2D eigenvalue weighted by Gasteiger charge is -2.17. The predicted molar refractivity (Wildman–Crippen MR) is 55.0 cm³/mol. The zero-order valence-electron chi connectivity index (χ0n) is 8.62. The van der Waals surface area contributed by atoms with Gasteiger partial charge >= 0.3 is 0 Å². The van der Waals surface area contributed by atoms with Crippen molar-refractivity contribution in [2.75, 3.05) is 18.0 Å². The van der Waals surface area contributed by atoms with Gasteiger partial charge in [0.1, 0.15) is 0 Å². The van der Waals surface area contributed by atoms with Gasteiger partial charge in [-0.1, -0.05) is 6.92 Å². The van der Waals surface area contributed by atoms with Gasteiger partial charge in [0.25, 0.3) is 0 Å². The van der Waals surface area contributed by atoms with Crippen LogP contribution in [0.3, 0.4) is 0 Å². The average molecular weight is 179 g/mol. The fourth-order valence-electron chi connectivity index (χ4n) is 1.20. The van der Waals surface area contributed by atoms with Gasteiger partial charge in [-0.15, -0.1) is 0 Å². The van der Waals surface area contributed by atoms with Gasteiger partial charge in [-0.25, -0.2) is 9.97 Å². The molecule has 0 amide bonds. The van der Waals surface area contributed by atoms with E-state index < -0.39 is 0 Å². The minimum Gasteiger partial charge on any atom is -0.341 e. The van der Waals surface area contributed by atoms with E-state index in [2.05, 4.69) is 35.6 Å². The second-order valence-electron chi connectivity index (χ2n) is 2.92. The highest BCUT2D eigenvalue weighted by Gasteiger charge is 2.03. The van der Waals surface area contributed by atoms with E-state index in [0.29, 0.717) is 0 Å². The molecule has 0 fully saturated rings. The lowest BCUT2D eigenvalue weighted by molar-refractivity contribution is 0.816. The van der Waals surface area contributed by atoms with Crippen LogP contribution in [0.1, 0.15) is 26.3 Å². The van der Waals surface area contributed by atoms with Crippen molar-refractivity contribution in [3.8, 4) is 0 Å². The molecule has 0 bridgehead atoms. The molecule has 72 valence electrons. The summed E-state index contributed by atoms with van der Waals surface area (Å²) in [5.41, 5.74) is 1.19. The van der Waals surface area contributed by atoms with Gasteiger partial charge in [0, 0.05) is 25.5 Å². The Balaban J connectivity index is 2.78. The van der Waals surface area contributed by atoms with Crippen LogP contribution >= 0.6 is 0 Å². The normalized spacial score (nSPS) is 10.1. The quantitative estimate of drug-likeness (QED) is 0.706. The molecule has 3 heteroatoms. The number of rotatable bonds is 4. The van der Waals surface area contributed by atoms with Crippen LogP contribution < -0.4 is 4.90 Å². The molecule has 1 heterocycles. The fourth-order valence-corrected chi connectivity index (χ4v) is 1.20. The summed E-state index contributed by atoms with van der Waals surface area (Å²) >= 11 is 0. The van der Waals surface area contributed by atoms with Crippen molar-refractivity contribution in [2.24, 2.45) is 0 Å². The summed E-state index contributed by atoms with van der Waals surface area (Å²) in [6.07, 6.45) is 4.81. The van der Waals surface area contributed by atoms with Crippen molar-refractivity contribution in [2.45, 2.75) is 27.2 Å². The van der Waals surface area contributed by atoms with Crippen LogP contribution in [0.4, 0.5) is 5.95 Å². The van der Waals surface area contributed by atoms with Crippen molar-refractivity contribution in [1.29, 1.82) is 0 Å². The molecular weight excluding hydrogens is 162 g/mol. The Morgan fingerprint density at radius 1 is 1.08 bits per heavy atom. The third-order valence-corrected chi connectivity index (χ3v) is 2.15. The van der Waals surface area contributed by atoms with Crippen LogP contribution in [0.25, 0.3) is 0 Å². The van der Waals surface area contributed by atoms with E-state index >= 15 is 0 Å². The molecule has 1 aromatic rings. The summed E-state index contributed by atoms with van der Waals surface area (Å²) in [7, 11) is 0. The third kappa shape index (κ3) is 2.41. The topological polar surface area (TPSA) is 29.0 Å². The van der Waals surface area contributed by atoms with E-state index in [1.165, 1.54) is 5.56 Å². The molecule has 0 aliphatic heterocycles. The van der Waals surface area contributed by atoms with E-state index in [1.54, 1.807) is 0 Å². The predicted octanol–water partition coefficient (Wildman–Crippen LogP) is 1.89. The van der Waals surface area contributed by atoms with Crippen LogP contribution in [0.15, 0.2) is 12.4 Å². The molecule has 0 N–H and O–H groups in total. The summed E-state index contributed by atoms with van der Waals surface area (Å²) in [5.74, 6) is 0.835. The first-order chi connectivity index (χ1) is 6.31. The Morgan fingerprint density at radius 2 is 1.62 bits per heavy atom. The monoisotopic (exact) mass is 179 g/mol. The summed E-state index contributed by atoms with van der Waals surface area (Å²) < 4.78 is 0. The molecule has 0 aliphatic rings. The first-order valence-electron chi connectivity index (χ1n) is 4.87. The van der Waals surface area contributed by atoms with Crippen molar-refractivity contribution >= 4 is 5.95 Å². The maximum absolute atomic E-state index is 4.31. The van der Waals surface area contributed by atoms with Crippen molar-refractivity contribution in [1.82, 2.24) is 9.97 Å². The Morgan fingerprint density at radius 3 is 2.00 bits per heavy atom. The number of aromatic nitrogens is 2. The second kappa shape index (κ2) is 4.80. The van der Waals surface area contributed by atoms with Gasteiger partial charge in [0.15, 0.2) is 0 Å². The van der Waals surface area contributed by atoms with Gasteiger partial charge < -0.3 is 4.90 Å². The lowest BCUT2D eigenvalue weighted by atomic mass is 10.3. The van der Waals surface area contributed by atoms with Crippen LogP contribution in [0, 0.1) is 0 Å². The van der Waals surface area contributed by atoms with E-state index in [0.717, 1.165) is 25.5 Å². The van der Waals surface area contributed by atoms with Gasteiger partial charge in [-0.2, -0.15) is 0 Å². The molecule has 13 heavy (non-hydrogen) atoms. The number of anilines is 1. The Hall–Kier alpha value is -1.12. The number of nitrogens with zero attached hydrogens (tertiary/aromatic N) is 3. The Labute approximate surface area is 79.8 Å².